The standard InChI is InChI=1S/C16H22N4O6/c1-4-25-14(21)10-6-8-12(16(22)26-5-2)18-19(3)15-13(20(23)24)9-7-11-17-15/h7,9,11H,4-6,8,10H2,1-3H3/b18-12-. The Balaban J connectivity index is 2.96. The summed E-state index contributed by atoms with van der Waals surface area (Å²) in [5.41, 5.74) is -0.202. The summed E-state index contributed by atoms with van der Waals surface area (Å²) >= 11 is 0. The van der Waals surface area contributed by atoms with E-state index >= 15 is 0 Å². The zero-order valence-electron chi connectivity index (χ0n) is 15.0. The van der Waals surface area contributed by atoms with Crippen LogP contribution in [0.3, 0.4) is 0 Å². The predicted molar refractivity (Wildman–Crippen MR) is 93.8 cm³/mol. The van der Waals surface area contributed by atoms with Crippen molar-refractivity contribution in [2.75, 3.05) is 25.3 Å². The summed E-state index contributed by atoms with van der Waals surface area (Å²) in [5.74, 6) is -1.03. The number of nitrogens with zero attached hydrogens (tertiary/aromatic N) is 4. The van der Waals surface area contributed by atoms with Crippen LogP contribution in [0.15, 0.2) is 23.4 Å². The second-order valence-electron chi connectivity index (χ2n) is 5.05. The molecule has 0 unspecified atom stereocenters. The summed E-state index contributed by atoms with van der Waals surface area (Å²) in [4.78, 5) is 38.0. The van der Waals surface area contributed by atoms with Gasteiger partial charge >= 0.3 is 17.6 Å². The van der Waals surface area contributed by atoms with E-state index < -0.39 is 10.9 Å². The highest BCUT2D eigenvalue weighted by atomic mass is 16.6. The van der Waals surface area contributed by atoms with Crippen molar-refractivity contribution in [2.45, 2.75) is 33.1 Å². The van der Waals surface area contributed by atoms with Crippen LogP contribution in [0.25, 0.3) is 0 Å². The first-order valence-corrected chi connectivity index (χ1v) is 8.14. The Hall–Kier alpha value is -3.04. The van der Waals surface area contributed by atoms with Gasteiger partial charge < -0.3 is 9.47 Å². The Bertz CT molecular complexity index is 676. The Labute approximate surface area is 150 Å². The van der Waals surface area contributed by atoms with Crippen LogP contribution in [0.5, 0.6) is 0 Å². The summed E-state index contributed by atoms with van der Waals surface area (Å²) < 4.78 is 9.79. The van der Waals surface area contributed by atoms with Gasteiger partial charge in [0.25, 0.3) is 0 Å². The molecule has 0 aliphatic heterocycles. The fraction of sp³-hybridized carbons (Fsp3) is 0.500. The van der Waals surface area contributed by atoms with Crippen LogP contribution in [-0.4, -0.2) is 47.8 Å². The minimum absolute atomic E-state index is 0.00955. The molecule has 0 fully saturated rings. The number of esters is 2. The molecular weight excluding hydrogens is 344 g/mol. The van der Waals surface area contributed by atoms with Gasteiger partial charge in [-0.25, -0.2) is 14.8 Å². The number of pyridine rings is 1. The van der Waals surface area contributed by atoms with E-state index in [1.165, 1.54) is 25.4 Å². The molecule has 1 rings (SSSR count). The lowest BCUT2D eigenvalue weighted by atomic mass is 10.1. The van der Waals surface area contributed by atoms with Crippen LogP contribution < -0.4 is 5.01 Å². The van der Waals surface area contributed by atoms with E-state index in [2.05, 4.69) is 10.1 Å². The van der Waals surface area contributed by atoms with Crippen molar-refractivity contribution < 1.29 is 24.0 Å². The first kappa shape index (κ1) is 21.0. The summed E-state index contributed by atoms with van der Waals surface area (Å²) in [7, 11) is 1.44. The number of nitro groups is 1. The van der Waals surface area contributed by atoms with Crippen molar-refractivity contribution in [1.82, 2.24) is 4.98 Å². The molecule has 0 bridgehead atoms. The van der Waals surface area contributed by atoms with Gasteiger partial charge in [0.05, 0.1) is 18.1 Å². The summed E-state index contributed by atoms with van der Waals surface area (Å²) in [6, 6.07) is 2.73. The topological polar surface area (TPSA) is 124 Å². The first-order valence-electron chi connectivity index (χ1n) is 8.14. The fourth-order valence-electron chi connectivity index (χ4n) is 2.05. The van der Waals surface area contributed by atoms with Gasteiger partial charge in [0.1, 0.15) is 5.71 Å². The molecule has 0 atom stereocenters. The van der Waals surface area contributed by atoms with Crippen molar-refractivity contribution in [3.05, 3.63) is 28.4 Å². The highest BCUT2D eigenvalue weighted by Crippen LogP contribution is 2.24. The number of rotatable bonds is 10. The lowest BCUT2D eigenvalue weighted by Gasteiger charge is -2.14. The molecule has 0 saturated carbocycles. The molecule has 142 valence electrons. The molecule has 10 nitrogen and oxygen atoms in total. The van der Waals surface area contributed by atoms with Gasteiger partial charge in [0, 0.05) is 25.7 Å². The molecule has 26 heavy (non-hydrogen) atoms. The Kier molecular flexibility index (Phi) is 8.68. The first-order chi connectivity index (χ1) is 12.4. The van der Waals surface area contributed by atoms with E-state index in [-0.39, 0.29) is 49.2 Å². The molecule has 1 heterocycles. The van der Waals surface area contributed by atoms with E-state index in [4.69, 9.17) is 9.47 Å². The lowest BCUT2D eigenvalue weighted by molar-refractivity contribution is -0.384. The van der Waals surface area contributed by atoms with Gasteiger partial charge in [-0.05, 0) is 32.8 Å². The van der Waals surface area contributed by atoms with Crippen molar-refractivity contribution in [3.8, 4) is 0 Å². The van der Waals surface area contributed by atoms with Crippen molar-refractivity contribution >= 4 is 29.2 Å². The minimum atomic E-state index is -0.651. The Morgan fingerprint density at radius 1 is 1.27 bits per heavy atom. The SMILES string of the molecule is CCOC(=O)CCC/C(=N/N(C)c1ncccc1[N+](=O)[O-])C(=O)OCC. The third kappa shape index (κ3) is 6.46. The molecule has 0 amide bonds. The Morgan fingerprint density at radius 3 is 2.58 bits per heavy atom. The van der Waals surface area contributed by atoms with Crippen molar-refractivity contribution in [2.24, 2.45) is 5.10 Å². The van der Waals surface area contributed by atoms with E-state index in [1.54, 1.807) is 13.8 Å². The maximum atomic E-state index is 12.1. The van der Waals surface area contributed by atoms with Gasteiger partial charge in [-0.1, -0.05) is 0 Å². The number of ether oxygens (including phenoxy) is 2. The van der Waals surface area contributed by atoms with Gasteiger partial charge in [0.2, 0.25) is 5.82 Å². The second-order valence-corrected chi connectivity index (χ2v) is 5.05. The van der Waals surface area contributed by atoms with Crippen LogP contribution >= 0.6 is 0 Å². The minimum Gasteiger partial charge on any atom is -0.466 e. The molecule has 0 aliphatic rings. The van der Waals surface area contributed by atoms with E-state index in [0.29, 0.717) is 6.42 Å². The number of carbonyl (C=O) groups excluding carboxylic acids is 2. The average molecular weight is 366 g/mol. The van der Waals surface area contributed by atoms with Crippen LogP contribution in [0.4, 0.5) is 11.5 Å². The fourth-order valence-corrected chi connectivity index (χ4v) is 2.05. The molecule has 10 heteroatoms. The third-order valence-corrected chi connectivity index (χ3v) is 3.15. The molecule has 1 aromatic heterocycles. The number of carbonyl (C=O) groups is 2. The molecule has 0 radical (unpaired) electrons. The Morgan fingerprint density at radius 2 is 1.96 bits per heavy atom. The van der Waals surface area contributed by atoms with Crippen LogP contribution in [0, 0.1) is 10.1 Å². The van der Waals surface area contributed by atoms with Crippen LogP contribution in [0.2, 0.25) is 0 Å². The molecular formula is C16H22N4O6. The van der Waals surface area contributed by atoms with Crippen LogP contribution in [-0.2, 0) is 19.1 Å². The molecule has 0 N–H and O–H groups in total. The van der Waals surface area contributed by atoms with Crippen molar-refractivity contribution in [3.63, 3.8) is 0 Å². The number of hydrogen-bond acceptors (Lipinski definition) is 9. The number of hydrazone groups is 1. The summed E-state index contributed by atoms with van der Waals surface area (Å²) in [5, 5.41) is 16.4. The average Bonchev–Trinajstić information content (AvgIpc) is 2.61. The molecule has 0 spiro atoms. The highest BCUT2D eigenvalue weighted by molar-refractivity contribution is 6.36. The maximum absolute atomic E-state index is 12.1. The summed E-state index contributed by atoms with van der Waals surface area (Å²) in [6.45, 7) is 3.80. The second kappa shape index (κ2) is 10.7. The normalized spacial score (nSPS) is 11.0. The molecule has 1 aromatic rings. The van der Waals surface area contributed by atoms with E-state index in [0.717, 1.165) is 5.01 Å². The van der Waals surface area contributed by atoms with Gasteiger partial charge in [-0.2, -0.15) is 5.10 Å². The largest absolute Gasteiger partial charge is 0.466 e. The van der Waals surface area contributed by atoms with Gasteiger partial charge in [0.15, 0.2) is 0 Å². The molecule has 0 aromatic carbocycles. The molecule has 0 saturated heterocycles. The van der Waals surface area contributed by atoms with Crippen molar-refractivity contribution in [1.29, 1.82) is 0 Å². The zero-order chi connectivity index (χ0) is 19.5. The third-order valence-electron chi connectivity index (χ3n) is 3.15. The smallest absolute Gasteiger partial charge is 0.354 e. The van der Waals surface area contributed by atoms with E-state index in [1.807, 2.05) is 0 Å². The summed E-state index contributed by atoms with van der Waals surface area (Å²) in [6.07, 6.45) is 2.00. The van der Waals surface area contributed by atoms with Gasteiger partial charge in [-0.3, -0.25) is 14.9 Å². The van der Waals surface area contributed by atoms with E-state index in [9.17, 15) is 19.7 Å². The lowest BCUT2D eigenvalue weighted by Crippen LogP contribution is -2.23. The predicted octanol–water partition coefficient (Wildman–Crippen LogP) is 2.08. The van der Waals surface area contributed by atoms with Gasteiger partial charge in [-0.15, -0.1) is 0 Å². The highest BCUT2D eigenvalue weighted by Gasteiger charge is 2.20. The monoisotopic (exact) mass is 366 g/mol. The van der Waals surface area contributed by atoms with Crippen LogP contribution in [0.1, 0.15) is 33.1 Å². The number of anilines is 1. The zero-order valence-corrected chi connectivity index (χ0v) is 15.0. The quantitative estimate of drug-likeness (QED) is 0.267. The maximum Gasteiger partial charge on any atom is 0.354 e. The molecule has 0 aliphatic carbocycles. The number of aromatic nitrogens is 1. The number of hydrogen-bond donors (Lipinski definition) is 0.